The van der Waals surface area contributed by atoms with Gasteiger partial charge in [0.1, 0.15) is 5.82 Å². The van der Waals surface area contributed by atoms with Gasteiger partial charge in [-0.3, -0.25) is 4.79 Å². The van der Waals surface area contributed by atoms with Crippen LogP contribution in [0, 0.1) is 5.82 Å². The highest BCUT2D eigenvalue weighted by Crippen LogP contribution is 2.49. The fraction of sp³-hybridized carbons (Fsp3) is 0.588. The molecule has 1 saturated heterocycles. The second-order valence-electron chi connectivity index (χ2n) is 7.44. The van der Waals surface area contributed by atoms with Gasteiger partial charge in [-0.1, -0.05) is 12.1 Å². The third-order valence-electron chi connectivity index (χ3n) is 5.45. The first-order chi connectivity index (χ1) is 12.0. The number of benzene rings is 1. The van der Waals surface area contributed by atoms with Crippen molar-refractivity contribution < 1.29 is 27.8 Å². The summed E-state index contributed by atoms with van der Waals surface area (Å²) in [6.45, 7) is 1.71. The smallest absolute Gasteiger partial charge is 0.228 e. The summed E-state index contributed by atoms with van der Waals surface area (Å²) in [5.41, 5.74) is 4.54. The van der Waals surface area contributed by atoms with Crippen molar-refractivity contribution in [2.45, 2.75) is 56.4 Å². The van der Waals surface area contributed by atoms with E-state index < -0.39 is 32.9 Å². The Labute approximate surface area is 151 Å². The molecule has 0 aromatic heterocycles. The topological polar surface area (TPSA) is 121 Å². The molecule has 2 aliphatic rings. The van der Waals surface area contributed by atoms with Crippen molar-refractivity contribution in [1.29, 1.82) is 0 Å². The van der Waals surface area contributed by atoms with Crippen LogP contribution in [0.4, 0.5) is 4.39 Å². The maximum absolute atomic E-state index is 14.6. The summed E-state index contributed by atoms with van der Waals surface area (Å²) in [6.07, 6.45) is 0.711. The number of nitrogens with zero attached hydrogens (tertiary/aromatic N) is 1. The van der Waals surface area contributed by atoms with E-state index >= 15 is 0 Å². The van der Waals surface area contributed by atoms with E-state index in [1.54, 1.807) is 6.92 Å². The standard InChI is InChI=1S/C17H23FN2O5S/c1-11-3-2-6-26(24,25)20(11)8-12-4-5-13(7-14(12)18)16(15(19)21)9-17(22,23)10-16/h4-5,7,11,22-23H,2-3,6,8-10H2,1H3,(H2,19,21)/t11-/m0/s1. The van der Waals surface area contributed by atoms with Crippen LogP contribution in [0.3, 0.4) is 0 Å². The maximum Gasteiger partial charge on any atom is 0.228 e. The molecular formula is C17H23FN2O5S. The zero-order chi connectivity index (χ0) is 19.3. The summed E-state index contributed by atoms with van der Waals surface area (Å²) in [5.74, 6) is -3.35. The minimum Gasteiger partial charge on any atom is -0.369 e. The summed E-state index contributed by atoms with van der Waals surface area (Å²) in [4.78, 5) is 11.8. The van der Waals surface area contributed by atoms with Crippen LogP contribution in [0.15, 0.2) is 18.2 Å². The minimum atomic E-state index is -3.42. The third kappa shape index (κ3) is 3.24. The molecule has 26 heavy (non-hydrogen) atoms. The van der Waals surface area contributed by atoms with Crippen molar-refractivity contribution in [3.63, 3.8) is 0 Å². The summed E-state index contributed by atoms with van der Waals surface area (Å²) < 4.78 is 40.4. The molecule has 1 saturated carbocycles. The van der Waals surface area contributed by atoms with E-state index in [1.807, 2.05) is 0 Å². The summed E-state index contributed by atoms with van der Waals surface area (Å²) >= 11 is 0. The Morgan fingerprint density at radius 3 is 2.54 bits per heavy atom. The van der Waals surface area contributed by atoms with Crippen LogP contribution in [0.2, 0.25) is 0 Å². The molecule has 9 heteroatoms. The Kier molecular flexibility index (Phi) is 4.63. The largest absolute Gasteiger partial charge is 0.369 e. The number of carbonyl (C=O) groups is 1. The predicted molar refractivity (Wildman–Crippen MR) is 91.7 cm³/mol. The van der Waals surface area contributed by atoms with E-state index in [9.17, 15) is 27.8 Å². The lowest BCUT2D eigenvalue weighted by Crippen LogP contribution is -2.60. The molecule has 1 aliphatic heterocycles. The summed E-state index contributed by atoms with van der Waals surface area (Å²) in [5, 5.41) is 19.1. The molecule has 1 atom stereocenters. The maximum atomic E-state index is 14.6. The number of primary amides is 1. The van der Waals surface area contributed by atoms with Crippen molar-refractivity contribution in [3.8, 4) is 0 Å². The fourth-order valence-electron chi connectivity index (χ4n) is 3.93. The molecule has 1 aromatic carbocycles. The van der Waals surface area contributed by atoms with E-state index in [2.05, 4.69) is 0 Å². The fourth-order valence-corrected chi connectivity index (χ4v) is 5.68. The molecule has 2 fully saturated rings. The number of nitrogens with two attached hydrogens (primary N) is 1. The Morgan fingerprint density at radius 1 is 1.38 bits per heavy atom. The Balaban J connectivity index is 1.88. The van der Waals surface area contributed by atoms with Gasteiger partial charge in [0.2, 0.25) is 15.9 Å². The van der Waals surface area contributed by atoms with Gasteiger partial charge in [0, 0.05) is 31.0 Å². The Bertz CT molecular complexity index is 832. The average molecular weight is 386 g/mol. The molecule has 1 aliphatic carbocycles. The van der Waals surface area contributed by atoms with Crippen LogP contribution in [0.1, 0.15) is 43.7 Å². The highest BCUT2D eigenvalue weighted by molar-refractivity contribution is 7.89. The molecule has 0 unspecified atom stereocenters. The quantitative estimate of drug-likeness (QED) is 0.644. The van der Waals surface area contributed by atoms with Crippen molar-refractivity contribution >= 4 is 15.9 Å². The van der Waals surface area contributed by atoms with Gasteiger partial charge in [-0.2, -0.15) is 4.31 Å². The van der Waals surface area contributed by atoms with Gasteiger partial charge < -0.3 is 15.9 Å². The number of aliphatic hydroxyl groups is 2. The molecule has 3 rings (SSSR count). The molecule has 0 bridgehead atoms. The lowest BCUT2D eigenvalue weighted by molar-refractivity contribution is -0.241. The molecule has 144 valence electrons. The first-order valence-corrected chi connectivity index (χ1v) is 10.1. The average Bonchev–Trinajstić information content (AvgIpc) is 2.49. The van der Waals surface area contributed by atoms with Crippen molar-refractivity contribution in [2.75, 3.05) is 5.75 Å². The monoisotopic (exact) mass is 386 g/mol. The normalized spacial score (nSPS) is 26.8. The van der Waals surface area contributed by atoms with E-state index in [0.29, 0.717) is 6.42 Å². The molecule has 4 N–H and O–H groups in total. The van der Waals surface area contributed by atoms with Crippen LogP contribution < -0.4 is 5.73 Å². The second-order valence-corrected chi connectivity index (χ2v) is 9.48. The zero-order valence-corrected chi connectivity index (χ0v) is 15.3. The SMILES string of the molecule is C[C@H]1CCCS(=O)(=O)N1Cc1ccc(C2(C(N)=O)CC(O)(O)C2)cc1F. The van der Waals surface area contributed by atoms with Crippen LogP contribution in [-0.2, 0) is 26.8 Å². The number of carbonyl (C=O) groups excluding carboxylic acids is 1. The summed E-state index contributed by atoms with van der Waals surface area (Å²) in [7, 11) is -3.42. The van der Waals surface area contributed by atoms with Crippen LogP contribution in [-0.4, -0.2) is 46.4 Å². The van der Waals surface area contributed by atoms with E-state index in [0.717, 1.165) is 12.5 Å². The van der Waals surface area contributed by atoms with Gasteiger partial charge in [0.05, 0.1) is 11.2 Å². The van der Waals surface area contributed by atoms with Crippen LogP contribution in [0.25, 0.3) is 0 Å². The Morgan fingerprint density at radius 2 is 2.04 bits per heavy atom. The minimum absolute atomic E-state index is 0.0525. The first-order valence-electron chi connectivity index (χ1n) is 8.50. The van der Waals surface area contributed by atoms with E-state index in [-0.39, 0.29) is 42.3 Å². The summed E-state index contributed by atoms with van der Waals surface area (Å²) in [6, 6.07) is 3.86. The zero-order valence-electron chi connectivity index (χ0n) is 14.5. The number of rotatable bonds is 4. The highest BCUT2D eigenvalue weighted by atomic mass is 32.2. The van der Waals surface area contributed by atoms with Gasteiger partial charge in [-0.15, -0.1) is 0 Å². The highest BCUT2D eigenvalue weighted by Gasteiger charge is 2.58. The lowest BCUT2D eigenvalue weighted by atomic mass is 9.60. The third-order valence-corrected chi connectivity index (χ3v) is 7.45. The number of hydrogen-bond acceptors (Lipinski definition) is 5. The van der Waals surface area contributed by atoms with Crippen molar-refractivity contribution in [2.24, 2.45) is 5.73 Å². The first kappa shape index (κ1) is 19.2. The molecular weight excluding hydrogens is 363 g/mol. The van der Waals surface area contributed by atoms with Crippen molar-refractivity contribution in [1.82, 2.24) is 4.31 Å². The molecule has 7 nitrogen and oxygen atoms in total. The van der Waals surface area contributed by atoms with Crippen molar-refractivity contribution in [3.05, 3.63) is 35.1 Å². The van der Waals surface area contributed by atoms with Gasteiger partial charge in [-0.05, 0) is 31.4 Å². The molecule has 1 aromatic rings. The molecule has 1 amide bonds. The predicted octanol–water partition coefficient (Wildman–Crippen LogP) is 0.338. The number of amides is 1. The van der Waals surface area contributed by atoms with Gasteiger partial charge in [0.25, 0.3) is 0 Å². The molecule has 0 radical (unpaired) electrons. The number of halogens is 1. The van der Waals surface area contributed by atoms with Crippen LogP contribution in [0.5, 0.6) is 0 Å². The van der Waals surface area contributed by atoms with E-state index in [4.69, 9.17) is 5.73 Å². The van der Waals surface area contributed by atoms with Gasteiger partial charge >= 0.3 is 0 Å². The van der Waals surface area contributed by atoms with Gasteiger partial charge in [-0.25, -0.2) is 12.8 Å². The van der Waals surface area contributed by atoms with E-state index in [1.165, 1.54) is 16.4 Å². The lowest BCUT2D eigenvalue weighted by Gasteiger charge is -2.48. The Hall–Kier alpha value is -1.55. The molecule has 1 heterocycles. The number of sulfonamides is 1. The molecule has 0 spiro atoms. The van der Waals surface area contributed by atoms with Gasteiger partial charge in [0.15, 0.2) is 5.79 Å². The van der Waals surface area contributed by atoms with Crippen LogP contribution >= 0.6 is 0 Å². The second kappa shape index (κ2) is 6.26. The number of hydrogen-bond donors (Lipinski definition) is 3.